The molecule has 2 N–H and O–H groups in total. The molecule has 0 heterocycles. The van der Waals surface area contributed by atoms with Crippen LogP contribution in [0.3, 0.4) is 0 Å². The Morgan fingerprint density at radius 2 is 1.64 bits per heavy atom. The minimum absolute atomic E-state index is 0.501. The van der Waals surface area contributed by atoms with E-state index in [-0.39, 0.29) is 0 Å². The molecule has 2 aromatic rings. The summed E-state index contributed by atoms with van der Waals surface area (Å²) < 4.78 is 15.8. The molecule has 0 fully saturated rings. The van der Waals surface area contributed by atoms with E-state index in [9.17, 15) is 0 Å². The maximum Gasteiger partial charge on any atom is 0.170 e. The molecule has 2 aromatic carbocycles. The van der Waals surface area contributed by atoms with E-state index in [0.29, 0.717) is 33.9 Å². The zero-order valence-corrected chi connectivity index (χ0v) is 16.0. The van der Waals surface area contributed by atoms with Crippen molar-refractivity contribution >= 4 is 34.6 Å². The van der Waals surface area contributed by atoms with E-state index in [4.69, 9.17) is 38.0 Å². The molecule has 0 unspecified atom stereocenters. The first kappa shape index (κ1) is 19.1. The normalized spacial score (nSPS) is 10.1. The van der Waals surface area contributed by atoms with E-state index in [1.165, 1.54) is 0 Å². The Bertz CT molecular complexity index is 740. The standard InChI is InChI=1S/C18H21ClN2O3S/c1-22-15-7-5-13(19)11-14(15)21-18(25)20-9-8-12-4-6-16(23-2)17(10-12)24-3/h4-7,10-11H,8-9H2,1-3H3,(H2,20,21,25). The zero-order chi connectivity index (χ0) is 18.2. The van der Waals surface area contributed by atoms with Crippen LogP contribution in [-0.4, -0.2) is 33.0 Å². The molecular weight excluding hydrogens is 360 g/mol. The third-order valence-electron chi connectivity index (χ3n) is 3.56. The summed E-state index contributed by atoms with van der Waals surface area (Å²) in [4.78, 5) is 0. The van der Waals surface area contributed by atoms with Gasteiger partial charge in [0.15, 0.2) is 16.6 Å². The van der Waals surface area contributed by atoms with E-state index in [1.807, 2.05) is 18.2 Å². The molecule has 0 aliphatic rings. The molecule has 0 atom stereocenters. The smallest absolute Gasteiger partial charge is 0.170 e. The number of rotatable bonds is 7. The van der Waals surface area contributed by atoms with Gasteiger partial charge < -0.3 is 24.8 Å². The average molecular weight is 381 g/mol. The minimum Gasteiger partial charge on any atom is -0.495 e. The van der Waals surface area contributed by atoms with E-state index in [1.54, 1.807) is 39.5 Å². The maximum atomic E-state index is 6.01. The Hall–Kier alpha value is -2.18. The van der Waals surface area contributed by atoms with Crippen molar-refractivity contribution in [3.8, 4) is 17.2 Å². The van der Waals surface area contributed by atoms with Crippen LogP contribution in [0.25, 0.3) is 0 Å². The van der Waals surface area contributed by atoms with Gasteiger partial charge in [0.2, 0.25) is 0 Å². The van der Waals surface area contributed by atoms with Crippen molar-refractivity contribution in [2.75, 3.05) is 33.2 Å². The van der Waals surface area contributed by atoms with Crippen LogP contribution in [0.2, 0.25) is 5.02 Å². The molecule has 0 amide bonds. The first-order chi connectivity index (χ1) is 12.1. The van der Waals surface area contributed by atoms with Gasteiger partial charge in [0, 0.05) is 11.6 Å². The predicted octanol–water partition coefficient (Wildman–Crippen LogP) is 3.89. The van der Waals surface area contributed by atoms with Crippen LogP contribution >= 0.6 is 23.8 Å². The number of halogens is 1. The van der Waals surface area contributed by atoms with Gasteiger partial charge in [-0.25, -0.2) is 0 Å². The Kier molecular flexibility index (Phi) is 7.16. The van der Waals surface area contributed by atoms with Crippen molar-refractivity contribution in [3.63, 3.8) is 0 Å². The highest BCUT2D eigenvalue weighted by Crippen LogP contribution is 2.28. The van der Waals surface area contributed by atoms with Crippen molar-refractivity contribution in [2.24, 2.45) is 0 Å². The monoisotopic (exact) mass is 380 g/mol. The van der Waals surface area contributed by atoms with Crippen molar-refractivity contribution < 1.29 is 14.2 Å². The molecule has 0 saturated carbocycles. The van der Waals surface area contributed by atoms with Crippen LogP contribution in [0, 0.1) is 0 Å². The highest BCUT2D eigenvalue weighted by molar-refractivity contribution is 7.80. The van der Waals surface area contributed by atoms with Gasteiger partial charge in [-0.1, -0.05) is 17.7 Å². The molecule has 0 spiro atoms. The van der Waals surface area contributed by atoms with Gasteiger partial charge >= 0.3 is 0 Å². The van der Waals surface area contributed by atoms with Crippen molar-refractivity contribution in [2.45, 2.75) is 6.42 Å². The van der Waals surface area contributed by atoms with Gasteiger partial charge in [-0.15, -0.1) is 0 Å². The van der Waals surface area contributed by atoms with E-state index >= 15 is 0 Å². The lowest BCUT2D eigenvalue weighted by atomic mass is 10.1. The molecule has 2 rings (SSSR count). The number of methoxy groups -OCH3 is 3. The topological polar surface area (TPSA) is 51.8 Å². The van der Waals surface area contributed by atoms with Gasteiger partial charge in [0.25, 0.3) is 0 Å². The zero-order valence-electron chi connectivity index (χ0n) is 14.4. The second-order valence-corrected chi connectivity index (χ2v) is 6.01. The summed E-state index contributed by atoms with van der Waals surface area (Å²) in [7, 11) is 4.84. The highest BCUT2D eigenvalue weighted by atomic mass is 35.5. The average Bonchev–Trinajstić information content (AvgIpc) is 2.61. The number of hydrogen-bond donors (Lipinski definition) is 2. The fraction of sp³-hybridized carbons (Fsp3) is 0.278. The largest absolute Gasteiger partial charge is 0.495 e. The SMILES string of the molecule is COc1ccc(Cl)cc1NC(=S)NCCc1ccc(OC)c(OC)c1. The second-order valence-electron chi connectivity index (χ2n) is 5.16. The van der Waals surface area contributed by atoms with Crippen LogP contribution in [0.15, 0.2) is 36.4 Å². The van der Waals surface area contributed by atoms with E-state index in [2.05, 4.69) is 10.6 Å². The third-order valence-corrected chi connectivity index (χ3v) is 4.04. The quantitative estimate of drug-likeness (QED) is 0.710. The third kappa shape index (κ3) is 5.41. The Labute approximate surface area is 158 Å². The number of thiocarbonyl (C=S) groups is 1. The minimum atomic E-state index is 0.501. The lowest BCUT2D eigenvalue weighted by Gasteiger charge is -2.14. The fourth-order valence-electron chi connectivity index (χ4n) is 2.30. The summed E-state index contributed by atoms with van der Waals surface area (Å²) in [6, 6.07) is 11.2. The summed E-state index contributed by atoms with van der Waals surface area (Å²) in [6.45, 7) is 0.671. The molecule has 134 valence electrons. The van der Waals surface area contributed by atoms with Crippen molar-refractivity contribution in [1.29, 1.82) is 0 Å². The maximum absolute atomic E-state index is 6.01. The van der Waals surface area contributed by atoms with Crippen LogP contribution in [0.4, 0.5) is 5.69 Å². The molecule has 25 heavy (non-hydrogen) atoms. The van der Waals surface area contributed by atoms with E-state index in [0.717, 1.165) is 17.7 Å². The highest BCUT2D eigenvalue weighted by Gasteiger charge is 2.07. The number of ether oxygens (including phenoxy) is 3. The lowest BCUT2D eigenvalue weighted by Crippen LogP contribution is -2.30. The first-order valence-electron chi connectivity index (χ1n) is 7.66. The molecule has 0 saturated heterocycles. The lowest BCUT2D eigenvalue weighted by molar-refractivity contribution is 0.354. The van der Waals surface area contributed by atoms with Gasteiger partial charge in [0.05, 0.1) is 27.0 Å². The molecular formula is C18H21ClN2O3S. The number of anilines is 1. The Morgan fingerprint density at radius 1 is 0.960 bits per heavy atom. The summed E-state index contributed by atoms with van der Waals surface area (Å²) in [5, 5.41) is 7.37. The second kappa shape index (κ2) is 9.34. The van der Waals surface area contributed by atoms with Gasteiger partial charge in [-0.05, 0) is 54.5 Å². The molecule has 0 aromatic heterocycles. The van der Waals surface area contributed by atoms with E-state index < -0.39 is 0 Å². The van der Waals surface area contributed by atoms with Crippen LogP contribution in [0.5, 0.6) is 17.2 Å². The number of nitrogens with one attached hydrogen (secondary N) is 2. The van der Waals surface area contributed by atoms with Gasteiger partial charge in [-0.3, -0.25) is 0 Å². The summed E-state index contributed by atoms with van der Waals surface area (Å²) >= 11 is 11.3. The molecule has 0 aliphatic carbocycles. The molecule has 0 radical (unpaired) electrons. The summed E-state index contributed by atoms with van der Waals surface area (Å²) in [5.74, 6) is 2.10. The Balaban J connectivity index is 1.90. The van der Waals surface area contributed by atoms with Gasteiger partial charge in [0.1, 0.15) is 5.75 Å². The van der Waals surface area contributed by atoms with Gasteiger partial charge in [-0.2, -0.15) is 0 Å². The molecule has 0 aliphatic heterocycles. The van der Waals surface area contributed by atoms with Crippen molar-refractivity contribution in [3.05, 3.63) is 47.0 Å². The Morgan fingerprint density at radius 3 is 2.32 bits per heavy atom. The van der Waals surface area contributed by atoms with Crippen LogP contribution < -0.4 is 24.8 Å². The molecule has 7 heteroatoms. The number of hydrogen-bond acceptors (Lipinski definition) is 4. The number of benzene rings is 2. The summed E-state index contributed by atoms with van der Waals surface area (Å²) in [5.41, 5.74) is 1.84. The molecule has 5 nitrogen and oxygen atoms in total. The van der Waals surface area contributed by atoms with Crippen LogP contribution in [0.1, 0.15) is 5.56 Å². The molecule has 0 bridgehead atoms. The fourth-order valence-corrected chi connectivity index (χ4v) is 2.69. The van der Waals surface area contributed by atoms with Crippen LogP contribution in [-0.2, 0) is 6.42 Å². The summed E-state index contributed by atoms with van der Waals surface area (Å²) in [6.07, 6.45) is 0.787. The first-order valence-corrected chi connectivity index (χ1v) is 8.45. The predicted molar refractivity (Wildman–Crippen MR) is 105 cm³/mol. The van der Waals surface area contributed by atoms with Crippen molar-refractivity contribution in [1.82, 2.24) is 5.32 Å².